The fraction of sp³-hybridized carbons (Fsp3) is 0.421. The van der Waals surface area contributed by atoms with Crippen molar-refractivity contribution in [1.29, 1.82) is 0 Å². The average Bonchev–Trinajstić information content (AvgIpc) is 2.70. The Labute approximate surface area is 173 Å². The Morgan fingerprint density at radius 2 is 1.53 bits per heavy atom. The van der Waals surface area contributed by atoms with E-state index in [0.29, 0.717) is 5.56 Å². The van der Waals surface area contributed by atoms with Crippen LogP contribution in [0.3, 0.4) is 0 Å². The number of hydrogen-bond donors (Lipinski definition) is 6. The van der Waals surface area contributed by atoms with E-state index in [1.165, 1.54) is 6.92 Å². The molecule has 3 atom stereocenters. The van der Waals surface area contributed by atoms with Gasteiger partial charge in [-0.3, -0.25) is 24.0 Å². The van der Waals surface area contributed by atoms with Crippen molar-refractivity contribution in [3.05, 3.63) is 35.9 Å². The van der Waals surface area contributed by atoms with Crippen LogP contribution in [0.15, 0.2) is 30.3 Å². The van der Waals surface area contributed by atoms with Crippen LogP contribution in [-0.2, 0) is 30.4 Å². The molecule has 0 aliphatic carbocycles. The third-order valence-corrected chi connectivity index (χ3v) is 4.13. The third kappa shape index (κ3) is 8.69. The van der Waals surface area contributed by atoms with Crippen LogP contribution in [0.5, 0.6) is 0 Å². The highest BCUT2D eigenvalue weighted by Gasteiger charge is 2.28. The Morgan fingerprint density at radius 3 is 2.07 bits per heavy atom. The zero-order valence-corrected chi connectivity index (χ0v) is 16.5. The second-order valence-electron chi connectivity index (χ2n) is 6.58. The summed E-state index contributed by atoms with van der Waals surface area (Å²) >= 11 is 0. The maximum atomic E-state index is 12.7. The van der Waals surface area contributed by atoms with Gasteiger partial charge < -0.3 is 31.9 Å². The topological polar surface area (TPSA) is 188 Å². The molecule has 3 unspecified atom stereocenters. The molecule has 0 radical (unpaired) electrons. The molecule has 1 aromatic carbocycles. The van der Waals surface area contributed by atoms with Crippen molar-refractivity contribution in [2.24, 2.45) is 5.73 Å². The van der Waals surface area contributed by atoms with Crippen molar-refractivity contribution < 1.29 is 34.2 Å². The number of carboxylic acid groups (broad SMARTS) is 2. The summed E-state index contributed by atoms with van der Waals surface area (Å²) in [5, 5.41) is 25.0. The van der Waals surface area contributed by atoms with Gasteiger partial charge in [-0.2, -0.15) is 0 Å². The largest absolute Gasteiger partial charge is 0.481 e. The lowest BCUT2D eigenvalue weighted by Gasteiger charge is -2.23. The van der Waals surface area contributed by atoms with Crippen LogP contribution in [0.1, 0.15) is 25.3 Å². The molecule has 0 aliphatic heterocycles. The number of nitrogens with one attached hydrogen (secondary N) is 3. The lowest BCUT2D eigenvalue weighted by Crippen LogP contribution is -2.56. The second-order valence-corrected chi connectivity index (χ2v) is 6.58. The minimum Gasteiger partial charge on any atom is -0.481 e. The molecule has 164 valence electrons. The Hall–Kier alpha value is -3.47. The first-order valence-corrected chi connectivity index (χ1v) is 9.22. The van der Waals surface area contributed by atoms with Crippen molar-refractivity contribution >= 4 is 29.7 Å². The summed E-state index contributed by atoms with van der Waals surface area (Å²) in [5.41, 5.74) is 5.93. The van der Waals surface area contributed by atoms with E-state index in [9.17, 15) is 24.0 Å². The number of aliphatic carboxylic acids is 2. The molecule has 1 rings (SSSR count). The fourth-order valence-electron chi connectivity index (χ4n) is 2.50. The molecule has 1 aromatic rings. The molecular formula is C19H26N4O7. The van der Waals surface area contributed by atoms with Gasteiger partial charge in [-0.15, -0.1) is 0 Å². The highest BCUT2D eigenvalue weighted by atomic mass is 16.4. The first kappa shape index (κ1) is 24.6. The molecule has 30 heavy (non-hydrogen) atoms. The lowest BCUT2D eigenvalue weighted by atomic mass is 10.0. The number of carbonyl (C=O) groups excluding carboxylic acids is 3. The SMILES string of the molecule is CC(NC(=O)C(Cc1ccccc1)NC(=O)C(CCC(=O)O)NC(=O)CN)C(=O)O. The highest BCUT2D eigenvalue weighted by Crippen LogP contribution is 2.06. The van der Waals surface area contributed by atoms with Crippen molar-refractivity contribution in [2.75, 3.05) is 6.54 Å². The first-order valence-electron chi connectivity index (χ1n) is 9.22. The van der Waals surface area contributed by atoms with Gasteiger partial charge in [0, 0.05) is 12.8 Å². The minimum atomic E-state index is -1.25. The van der Waals surface area contributed by atoms with Crippen LogP contribution in [-0.4, -0.2) is 64.5 Å². The van der Waals surface area contributed by atoms with Gasteiger partial charge in [-0.1, -0.05) is 30.3 Å². The summed E-state index contributed by atoms with van der Waals surface area (Å²) in [6.07, 6.45) is -0.548. The maximum Gasteiger partial charge on any atom is 0.325 e. The third-order valence-electron chi connectivity index (χ3n) is 4.13. The van der Waals surface area contributed by atoms with Crippen molar-refractivity contribution in [2.45, 2.75) is 44.3 Å². The van der Waals surface area contributed by atoms with Gasteiger partial charge in [-0.05, 0) is 18.9 Å². The van der Waals surface area contributed by atoms with E-state index in [2.05, 4.69) is 16.0 Å². The summed E-state index contributed by atoms with van der Waals surface area (Å²) in [4.78, 5) is 58.7. The molecule has 0 spiro atoms. The van der Waals surface area contributed by atoms with E-state index in [0.717, 1.165) is 0 Å². The quantitative estimate of drug-likeness (QED) is 0.237. The van der Waals surface area contributed by atoms with Gasteiger partial charge in [0.2, 0.25) is 17.7 Å². The maximum absolute atomic E-state index is 12.7. The Kier molecular flexibility index (Phi) is 9.97. The van der Waals surface area contributed by atoms with Crippen LogP contribution in [0.25, 0.3) is 0 Å². The number of nitrogens with two attached hydrogens (primary N) is 1. The zero-order chi connectivity index (χ0) is 22.7. The van der Waals surface area contributed by atoms with Gasteiger partial charge in [0.15, 0.2) is 0 Å². The summed E-state index contributed by atoms with van der Waals surface area (Å²) < 4.78 is 0. The Balaban J connectivity index is 3.00. The number of benzene rings is 1. The van der Waals surface area contributed by atoms with E-state index >= 15 is 0 Å². The van der Waals surface area contributed by atoms with Gasteiger partial charge in [0.05, 0.1) is 6.54 Å². The first-order chi connectivity index (χ1) is 14.1. The van der Waals surface area contributed by atoms with E-state index < -0.39 is 60.8 Å². The summed E-state index contributed by atoms with van der Waals surface area (Å²) in [7, 11) is 0. The number of rotatable bonds is 12. The minimum absolute atomic E-state index is 0.0568. The molecule has 3 amide bonds. The predicted molar refractivity (Wildman–Crippen MR) is 105 cm³/mol. The van der Waals surface area contributed by atoms with E-state index in [1.807, 2.05) is 0 Å². The summed E-state index contributed by atoms with van der Waals surface area (Å²) in [6, 6.07) is 5.15. The van der Waals surface area contributed by atoms with Gasteiger partial charge in [0.1, 0.15) is 18.1 Å². The molecule has 0 aliphatic rings. The van der Waals surface area contributed by atoms with Gasteiger partial charge in [0.25, 0.3) is 0 Å². The monoisotopic (exact) mass is 422 g/mol. The zero-order valence-electron chi connectivity index (χ0n) is 16.5. The Morgan fingerprint density at radius 1 is 0.933 bits per heavy atom. The number of amides is 3. The van der Waals surface area contributed by atoms with E-state index in [-0.39, 0.29) is 12.8 Å². The predicted octanol–water partition coefficient (Wildman–Crippen LogP) is -1.39. The molecular weight excluding hydrogens is 396 g/mol. The Bertz CT molecular complexity index is 769. The molecule has 0 saturated heterocycles. The second kappa shape index (κ2) is 12.2. The van der Waals surface area contributed by atoms with Gasteiger partial charge in [-0.25, -0.2) is 0 Å². The normalized spacial score (nSPS) is 13.4. The lowest BCUT2D eigenvalue weighted by molar-refractivity contribution is -0.141. The fourth-order valence-corrected chi connectivity index (χ4v) is 2.50. The van der Waals surface area contributed by atoms with Gasteiger partial charge >= 0.3 is 11.9 Å². The molecule has 0 bridgehead atoms. The van der Waals surface area contributed by atoms with Crippen LogP contribution in [0.4, 0.5) is 0 Å². The molecule has 11 heteroatoms. The smallest absolute Gasteiger partial charge is 0.325 e. The summed E-state index contributed by atoms with van der Waals surface area (Å²) in [6.45, 7) is 0.875. The molecule has 0 aromatic heterocycles. The van der Waals surface area contributed by atoms with Crippen molar-refractivity contribution in [3.63, 3.8) is 0 Å². The van der Waals surface area contributed by atoms with Crippen LogP contribution in [0, 0.1) is 0 Å². The van der Waals surface area contributed by atoms with Crippen LogP contribution >= 0.6 is 0 Å². The molecule has 7 N–H and O–H groups in total. The standard InChI is InChI=1S/C19H26N4O7/c1-11(19(29)30)21-18(28)14(9-12-5-3-2-4-6-12)23-17(27)13(7-8-16(25)26)22-15(24)10-20/h2-6,11,13-14H,7-10,20H2,1H3,(H,21,28)(H,22,24)(H,23,27)(H,25,26)(H,29,30). The molecule has 0 fully saturated rings. The molecule has 0 heterocycles. The van der Waals surface area contributed by atoms with Crippen molar-refractivity contribution in [3.8, 4) is 0 Å². The van der Waals surface area contributed by atoms with E-state index in [4.69, 9.17) is 15.9 Å². The summed E-state index contributed by atoms with van der Waals surface area (Å²) in [5.74, 6) is -4.59. The average molecular weight is 422 g/mol. The van der Waals surface area contributed by atoms with Crippen LogP contribution in [0.2, 0.25) is 0 Å². The molecule has 11 nitrogen and oxygen atoms in total. The van der Waals surface area contributed by atoms with E-state index in [1.54, 1.807) is 30.3 Å². The molecule has 0 saturated carbocycles. The number of carboxylic acids is 2. The number of carbonyl (C=O) groups is 5. The van der Waals surface area contributed by atoms with Crippen molar-refractivity contribution in [1.82, 2.24) is 16.0 Å². The highest BCUT2D eigenvalue weighted by molar-refractivity contribution is 5.93. The van der Waals surface area contributed by atoms with Crippen LogP contribution < -0.4 is 21.7 Å². The number of hydrogen-bond acceptors (Lipinski definition) is 6.